The summed E-state index contributed by atoms with van der Waals surface area (Å²) in [5.74, 6) is -0.181. The third-order valence-corrected chi connectivity index (χ3v) is 5.08. The van der Waals surface area contributed by atoms with Crippen molar-refractivity contribution in [2.24, 2.45) is 0 Å². The van der Waals surface area contributed by atoms with Gasteiger partial charge in [-0.1, -0.05) is 29.8 Å². The van der Waals surface area contributed by atoms with Crippen molar-refractivity contribution in [1.29, 1.82) is 0 Å². The second-order valence-corrected chi connectivity index (χ2v) is 7.40. The Morgan fingerprint density at radius 2 is 1.81 bits per heavy atom. The molecule has 4 nitrogen and oxygen atoms in total. The average molecular weight is 359 g/mol. The highest BCUT2D eigenvalue weighted by atomic mass is 32.1. The maximum Gasteiger partial charge on any atom is 0.257 e. The maximum atomic E-state index is 12.5. The van der Waals surface area contributed by atoms with Gasteiger partial charge in [0.25, 0.3) is 5.91 Å². The van der Waals surface area contributed by atoms with Crippen molar-refractivity contribution in [1.82, 2.24) is 9.97 Å². The monoisotopic (exact) mass is 359 g/mol. The van der Waals surface area contributed by atoms with Gasteiger partial charge in [-0.05, 0) is 44.2 Å². The van der Waals surface area contributed by atoms with Crippen LogP contribution in [0, 0.1) is 13.8 Å². The highest BCUT2D eigenvalue weighted by Gasteiger charge is 2.09. The topological polar surface area (TPSA) is 54.9 Å². The fourth-order valence-electron chi connectivity index (χ4n) is 2.75. The molecule has 0 bridgehead atoms. The van der Waals surface area contributed by atoms with Crippen LogP contribution in [0.5, 0.6) is 0 Å². The van der Waals surface area contributed by atoms with Crippen LogP contribution in [-0.2, 0) is 0 Å². The van der Waals surface area contributed by atoms with Crippen LogP contribution in [0.4, 0.5) is 5.69 Å². The molecule has 1 N–H and O–H groups in total. The molecule has 5 heteroatoms. The fourth-order valence-corrected chi connectivity index (χ4v) is 3.55. The van der Waals surface area contributed by atoms with Gasteiger partial charge >= 0.3 is 0 Å². The van der Waals surface area contributed by atoms with E-state index in [9.17, 15) is 4.79 Å². The Morgan fingerprint density at radius 1 is 1.00 bits per heavy atom. The molecule has 0 aliphatic heterocycles. The van der Waals surface area contributed by atoms with Crippen LogP contribution in [0.3, 0.4) is 0 Å². The van der Waals surface area contributed by atoms with Gasteiger partial charge in [-0.2, -0.15) is 0 Å². The fraction of sp³-hybridized carbons (Fsp3) is 0.0952. The standard InChI is InChI=1S/C21H17N3OS/c1-13-3-5-15(6-4-13)18-9-7-16(12-22-18)21(25)24-17-8-10-20-19(11-17)23-14(2)26-20/h3-12H,1-2H3,(H,24,25). The van der Waals surface area contributed by atoms with Gasteiger partial charge in [0.05, 0.1) is 26.5 Å². The molecule has 0 saturated carbocycles. The van der Waals surface area contributed by atoms with Gasteiger partial charge in [0, 0.05) is 17.4 Å². The lowest BCUT2D eigenvalue weighted by Gasteiger charge is -2.06. The number of carbonyl (C=O) groups is 1. The summed E-state index contributed by atoms with van der Waals surface area (Å²) in [4.78, 5) is 21.4. The van der Waals surface area contributed by atoms with Crippen LogP contribution < -0.4 is 5.32 Å². The zero-order valence-corrected chi connectivity index (χ0v) is 15.3. The number of fused-ring (bicyclic) bond motifs is 1. The first-order valence-electron chi connectivity index (χ1n) is 8.30. The zero-order valence-electron chi connectivity index (χ0n) is 14.5. The molecule has 1 amide bonds. The number of hydrogen-bond donors (Lipinski definition) is 1. The number of hydrogen-bond acceptors (Lipinski definition) is 4. The lowest BCUT2D eigenvalue weighted by Crippen LogP contribution is -2.12. The van der Waals surface area contributed by atoms with E-state index < -0.39 is 0 Å². The quantitative estimate of drug-likeness (QED) is 0.545. The SMILES string of the molecule is Cc1ccc(-c2ccc(C(=O)Nc3ccc4sc(C)nc4c3)cn2)cc1. The van der Waals surface area contributed by atoms with E-state index >= 15 is 0 Å². The Hall–Kier alpha value is -3.05. The molecule has 0 spiro atoms. The molecule has 0 atom stereocenters. The molecular formula is C21H17N3OS. The van der Waals surface area contributed by atoms with Crippen LogP contribution in [-0.4, -0.2) is 15.9 Å². The van der Waals surface area contributed by atoms with E-state index in [0.717, 1.165) is 32.2 Å². The first kappa shape index (κ1) is 16.4. The number of amides is 1. The molecule has 0 radical (unpaired) electrons. The summed E-state index contributed by atoms with van der Waals surface area (Å²) in [6.45, 7) is 4.03. The molecule has 0 saturated heterocycles. The minimum absolute atomic E-state index is 0.181. The highest BCUT2D eigenvalue weighted by molar-refractivity contribution is 7.18. The van der Waals surface area contributed by atoms with Gasteiger partial charge in [0.1, 0.15) is 0 Å². The maximum absolute atomic E-state index is 12.5. The summed E-state index contributed by atoms with van der Waals surface area (Å²) in [6, 6.07) is 17.6. The van der Waals surface area contributed by atoms with Gasteiger partial charge in [0.2, 0.25) is 0 Å². The largest absolute Gasteiger partial charge is 0.322 e. The summed E-state index contributed by atoms with van der Waals surface area (Å²) in [6.07, 6.45) is 1.61. The Labute approximate surface area is 155 Å². The van der Waals surface area contributed by atoms with Gasteiger partial charge in [-0.25, -0.2) is 4.98 Å². The van der Waals surface area contributed by atoms with Crippen molar-refractivity contribution >= 4 is 33.1 Å². The van der Waals surface area contributed by atoms with Crippen molar-refractivity contribution in [2.45, 2.75) is 13.8 Å². The molecule has 2 aromatic carbocycles. The Balaban J connectivity index is 1.52. The van der Waals surface area contributed by atoms with Crippen LogP contribution in [0.2, 0.25) is 0 Å². The summed E-state index contributed by atoms with van der Waals surface area (Å²) in [7, 11) is 0. The lowest BCUT2D eigenvalue weighted by molar-refractivity contribution is 0.102. The summed E-state index contributed by atoms with van der Waals surface area (Å²) in [5, 5.41) is 3.93. The van der Waals surface area contributed by atoms with Crippen molar-refractivity contribution < 1.29 is 4.79 Å². The second kappa shape index (κ2) is 6.69. The number of rotatable bonds is 3. The van der Waals surface area contributed by atoms with E-state index in [1.54, 1.807) is 23.6 Å². The first-order chi connectivity index (χ1) is 12.6. The molecule has 0 aliphatic rings. The van der Waals surface area contributed by atoms with E-state index in [4.69, 9.17) is 0 Å². The predicted molar refractivity (Wildman–Crippen MR) is 107 cm³/mol. The minimum Gasteiger partial charge on any atom is -0.322 e. The summed E-state index contributed by atoms with van der Waals surface area (Å²) in [5.41, 5.74) is 5.24. The number of pyridine rings is 1. The summed E-state index contributed by atoms with van der Waals surface area (Å²) >= 11 is 1.64. The lowest BCUT2D eigenvalue weighted by atomic mass is 10.1. The molecule has 128 valence electrons. The number of carbonyl (C=O) groups excluding carboxylic acids is 1. The van der Waals surface area contributed by atoms with Crippen molar-refractivity contribution in [3.8, 4) is 11.3 Å². The van der Waals surface area contributed by atoms with Crippen molar-refractivity contribution in [3.05, 3.63) is 76.9 Å². The van der Waals surface area contributed by atoms with Gasteiger partial charge in [0.15, 0.2) is 0 Å². The number of anilines is 1. The molecule has 2 aromatic heterocycles. The number of aromatic nitrogens is 2. The second-order valence-electron chi connectivity index (χ2n) is 6.17. The Kier molecular flexibility index (Phi) is 4.22. The van der Waals surface area contributed by atoms with E-state index in [2.05, 4.69) is 22.2 Å². The minimum atomic E-state index is -0.181. The average Bonchev–Trinajstić information content (AvgIpc) is 3.02. The van der Waals surface area contributed by atoms with Crippen LogP contribution in [0.25, 0.3) is 21.5 Å². The third kappa shape index (κ3) is 3.34. The molecule has 0 unspecified atom stereocenters. The molecule has 4 rings (SSSR count). The number of thiazole rings is 1. The van der Waals surface area contributed by atoms with E-state index in [-0.39, 0.29) is 5.91 Å². The van der Waals surface area contributed by atoms with E-state index in [1.807, 2.05) is 55.5 Å². The predicted octanol–water partition coefficient (Wildman–Crippen LogP) is 5.23. The zero-order chi connectivity index (χ0) is 18.1. The molecule has 4 aromatic rings. The third-order valence-electron chi connectivity index (χ3n) is 4.13. The smallest absolute Gasteiger partial charge is 0.257 e. The van der Waals surface area contributed by atoms with E-state index in [1.165, 1.54) is 5.56 Å². The van der Waals surface area contributed by atoms with Gasteiger partial charge < -0.3 is 5.32 Å². The number of aryl methyl sites for hydroxylation is 2. The molecular weight excluding hydrogens is 342 g/mol. The molecule has 0 fully saturated rings. The number of benzene rings is 2. The van der Waals surface area contributed by atoms with Gasteiger partial charge in [-0.3, -0.25) is 9.78 Å². The normalized spacial score (nSPS) is 10.8. The van der Waals surface area contributed by atoms with E-state index in [0.29, 0.717) is 5.56 Å². The van der Waals surface area contributed by atoms with Crippen LogP contribution in [0.15, 0.2) is 60.8 Å². The Bertz CT molecular complexity index is 1080. The number of nitrogens with one attached hydrogen (secondary N) is 1. The molecule has 0 aliphatic carbocycles. The Morgan fingerprint density at radius 3 is 2.54 bits per heavy atom. The van der Waals surface area contributed by atoms with Gasteiger partial charge in [-0.15, -0.1) is 11.3 Å². The van der Waals surface area contributed by atoms with Crippen LogP contribution >= 0.6 is 11.3 Å². The summed E-state index contributed by atoms with van der Waals surface area (Å²) < 4.78 is 1.12. The molecule has 2 heterocycles. The molecule has 26 heavy (non-hydrogen) atoms. The first-order valence-corrected chi connectivity index (χ1v) is 9.12. The number of nitrogens with zero attached hydrogens (tertiary/aromatic N) is 2. The highest BCUT2D eigenvalue weighted by Crippen LogP contribution is 2.25. The van der Waals surface area contributed by atoms with Crippen molar-refractivity contribution in [2.75, 3.05) is 5.32 Å². The van der Waals surface area contributed by atoms with Crippen molar-refractivity contribution in [3.63, 3.8) is 0 Å². The van der Waals surface area contributed by atoms with Crippen LogP contribution in [0.1, 0.15) is 20.9 Å².